The minimum Gasteiger partial charge on any atom is -0.480 e. The molecule has 1 aliphatic rings. The number of hydrogen-bond donors (Lipinski definition) is 2. The van der Waals surface area contributed by atoms with Crippen LogP contribution in [0.15, 0.2) is 43.0 Å². The van der Waals surface area contributed by atoms with Gasteiger partial charge in [-0.15, -0.1) is 6.58 Å². The number of nitrogens with one attached hydrogen (secondary N) is 1. The van der Waals surface area contributed by atoms with Crippen molar-refractivity contribution < 1.29 is 14.7 Å². The number of likely N-dealkylation sites (tertiary alicyclic amines) is 1. The molecule has 2 N–H and O–H groups in total. The first kappa shape index (κ1) is 15.1. The molecule has 2 amide bonds. The summed E-state index contributed by atoms with van der Waals surface area (Å²) in [7, 11) is 0. The average molecular weight is 288 g/mol. The van der Waals surface area contributed by atoms with Crippen LogP contribution in [0.25, 0.3) is 0 Å². The van der Waals surface area contributed by atoms with E-state index in [1.807, 2.05) is 18.2 Å². The Labute approximate surface area is 124 Å². The van der Waals surface area contributed by atoms with E-state index in [0.717, 1.165) is 6.42 Å². The van der Waals surface area contributed by atoms with Gasteiger partial charge in [-0.25, -0.2) is 9.59 Å². The van der Waals surface area contributed by atoms with Crippen LogP contribution in [0.4, 0.5) is 4.79 Å². The predicted molar refractivity (Wildman–Crippen MR) is 80.1 cm³/mol. The SMILES string of the molecule is C=CCC(NC(=O)N1CCC(c2ccccc2)C1)C(=O)O. The minimum absolute atomic E-state index is 0.219. The van der Waals surface area contributed by atoms with Crippen molar-refractivity contribution in [2.75, 3.05) is 13.1 Å². The summed E-state index contributed by atoms with van der Waals surface area (Å²) in [5.41, 5.74) is 1.22. The predicted octanol–water partition coefficient (Wildman–Crippen LogP) is 2.21. The van der Waals surface area contributed by atoms with Crippen molar-refractivity contribution in [3.05, 3.63) is 48.6 Å². The molecule has 112 valence electrons. The zero-order valence-electron chi connectivity index (χ0n) is 11.9. The van der Waals surface area contributed by atoms with Crippen LogP contribution in [-0.2, 0) is 4.79 Å². The maximum Gasteiger partial charge on any atom is 0.326 e. The Hall–Kier alpha value is -2.30. The molecule has 2 atom stereocenters. The number of benzene rings is 1. The Kier molecular flexibility index (Phi) is 4.98. The third-order valence-corrected chi connectivity index (χ3v) is 3.74. The standard InChI is InChI=1S/C16H20N2O3/c1-2-6-14(15(19)20)17-16(21)18-10-9-13(11-18)12-7-4-3-5-8-12/h2-5,7-8,13-14H,1,6,9-11H2,(H,17,21)(H,19,20). The minimum atomic E-state index is -1.04. The zero-order valence-corrected chi connectivity index (χ0v) is 11.9. The first-order valence-electron chi connectivity index (χ1n) is 7.06. The van der Waals surface area contributed by atoms with Crippen LogP contribution in [0.5, 0.6) is 0 Å². The molecule has 1 aromatic carbocycles. The van der Waals surface area contributed by atoms with E-state index in [-0.39, 0.29) is 12.5 Å². The molecule has 1 heterocycles. The number of carboxylic acid groups (broad SMARTS) is 1. The monoisotopic (exact) mass is 288 g/mol. The molecule has 21 heavy (non-hydrogen) atoms. The maximum absolute atomic E-state index is 12.1. The lowest BCUT2D eigenvalue weighted by atomic mass is 9.99. The van der Waals surface area contributed by atoms with E-state index < -0.39 is 12.0 Å². The average Bonchev–Trinajstić information content (AvgIpc) is 2.97. The van der Waals surface area contributed by atoms with E-state index in [1.165, 1.54) is 11.6 Å². The molecule has 1 aromatic rings. The highest BCUT2D eigenvalue weighted by atomic mass is 16.4. The molecule has 0 bridgehead atoms. The molecule has 2 unspecified atom stereocenters. The molecule has 1 fully saturated rings. The summed E-state index contributed by atoms with van der Waals surface area (Å²) in [6.07, 6.45) is 2.61. The number of carbonyl (C=O) groups is 2. The van der Waals surface area contributed by atoms with Gasteiger partial charge in [0.1, 0.15) is 6.04 Å². The summed E-state index contributed by atoms with van der Waals surface area (Å²) in [5.74, 6) is -0.721. The fourth-order valence-corrected chi connectivity index (χ4v) is 2.57. The van der Waals surface area contributed by atoms with Crippen LogP contribution in [0.2, 0.25) is 0 Å². The number of amides is 2. The molecule has 5 nitrogen and oxygen atoms in total. The van der Waals surface area contributed by atoms with Gasteiger partial charge < -0.3 is 15.3 Å². The summed E-state index contributed by atoms with van der Waals surface area (Å²) in [4.78, 5) is 24.9. The molecule has 0 spiro atoms. The van der Waals surface area contributed by atoms with E-state index in [0.29, 0.717) is 19.0 Å². The Bertz CT molecular complexity index is 516. The Morgan fingerprint density at radius 2 is 2.14 bits per heavy atom. The second-order valence-electron chi connectivity index (χ2n) is 5.21. The van der Waals surface area contributed by atoms with Crippen molar-refractivity contribution in [1.82, 2.24) is 10.2 Å². The molecule has 0 saturated carbocycles. The van der Waals surface area contributed by atoms with Crippen molar-refractivity contribution in [2.45, 2.75) is 24.8 Å². The number of carboxylic acids is 1. The molecular weight excluding hydrogens is 268 g/mol. The van der Waals surface area contributed by atoms with Crippen LogP contribution >= 0.6 is 0 Å². The van der Waals surface area contributed by atoms with E-state index in [2.05, 4.69) is 24.0 Å². The highest BCUT2D eigenvalue weighted by Crippen LogP contribution is 2.26. The summed E-state index contributed by atoms with van der Waals surface area (Å²) >= 11 is 0. The van der Waals surface area contributed by atoms with Gasteiger partial charge in [-0.3, -0.25) is 0 Å². The third-order valence-electron chi connectivity index (χ3n) is 3.74. The maximum atomic E-state index is 12.1. The molecule has 2 rings (SSSR count). The van der Waals surface area contributed by atoms with E-state index in [4.69, 9.17) is 5.11 Å². The highest BCUT2D eigenvalue weighted by molar-refractivity contribution is 5.82. The van der Waals surface area contributed by atoms with Gasteiger partial charge in [-0.05, 0) is 18.4 Å². The van der Waals surface area contributed by atoms with Crippen LogP contribution in [-0.4, -0.2) is 41.1 Å². The first-order valence-corrected chi connectivity index (χ1v) is 7.06. The molecule has 1 aliphatic heterocycles. The Morgan fingerprint density at radius 1 is 1.43 bits per heavy atom. The number of carbonyl (C=O) groups excluding carboxylic acids is 1. The van der Waals surface area contributed by atoms with Crippen molar-refractivity contribution >= 4 is 12.0 Å². The van der Waals surface area contributed by atoms with Gasteiger partial charge in [0, 0.05) is 19.0 Å². The van der Waals surface area contributed by atoms with Crippen molar-refractivity contribution in [2.24, 2.45) is 0 Å². The molecule has 0 aromatic heterocycles. The number of nitrogens with zero attached hydrogens (tertiary/aromatic N) is 1. The lowest BCUT2D eigenvalue weighted by Crippen LogP contribution is -2.47. The summed E-state index contributed by atoms with van der Waals surface area (Å²) in [6.45, 7) is 4.78. The summed E-state index contributed by atoms with van der Waals surface area (Å²) in [5, 5.41) is 11.6. The summed E-state index contributed by atoms with van der Waals surface area (Å²) < 4.78 is 0. The quantitative estimate of drug-likeness (QED) is 0.816. The van der Waals surface area contributed by atoms with E-state index in [9.17, 15) is 9.59 Å². The lowest BCUT2D eigenvalue weighted by molar-refractivity contribution is -0.139. The summed E-state index contributed by atoms with van der Waals surface area (Å²) in [6, 6.07) is 8.84. The fraction of sp³-hybridized carbons (Fsp3) is 0.375. The highest BCUT2D eigenvalue weighted by Gasteiger charge is 2.29. The zero-order chi connectivity index (χ0) is 15.2. The fourth-order valence-electron chi connectivity index (χ4n) is 2.57. The van der Waals surface area contributed by atoms with Crippen LogP contribution in [0, 0.1) is 0 Å². The molecule has 0 aliphatic carbocycles. The molecule has 5 heteroatoms. The van der Waals surface area contributed by atoms with E-state index >= 15 is 0 Å². The van der Waals surface area contributed by atoms with Gasteiger partial charge in [-0.2, -0.15) is 0 Å². The lowest BCUT2D eigenvalue weighted by Gasteiger charge is -2.20. The van der Waals surface area contributed by atoms with Crippen molar-refractivity contribution in [1.29, 1.82) is 0 Å². The molecular formula is C16H20N2O3. The smallest absolute Gasteiger partial charge is 0.326 e. The van der Waals surface area contributed by atoms with Crippen LogP contribution in [0.1, 0.15) is 24.3 Å². The topological polar surface area (TPSA) is 69.6 Å². The van der Waals surface area contributed by atoms with Gasteiger partial charge in [0.25, 0.3) is 0 Å². The van der Waals surface area contributed by atoms with Crippen molar-refractivity contribution in [3.63, 3.8) is 0 Å². The van der Waals surface area contributed by atoms with Crippen LogP contribution in [0.3, 0.4) is 0 Å². The number of rotatable bonds is 5. The first-order chi connectivity index (χ1) is 10.1. The third kappa shape index (κ3) is 3.84. The number of urea groups is 1. The van der Waals surface area contributed by atoms with Gasteiger partial charge in [0.15, 0.2) is 0 Å². The normalized spacial score (nSPS) is 19.0. The number of hydrogen-bond acceptors (Lipinski definition) is 2. The second kappa shape index (κ2) is 6.92. The van der Waals surface area contributed by atoms with Gasteiger partial charge in [-0.1, -0.05) is 36.4 Å². The van der Waals surface area contributed by atoms with Crippen LogP contribution < -0.4 is 5.32 Å². The van der Waals surface area contributed by atoms with Gasteiger partial charge in [0.2, 0.25) is 0 Å². The van der Waals surface area contributed by atoms with E-state index in [1.54, 1.807) is 4.90 Å². The Balaban J connectivity index is 1.93. The largest absolute Gasteiger partial charge is 0.480 e. The molecule has 0 radical (unpaired) electrons. The van der Waals surface area contributed by atoms with Gasteiger partial charge in [0.05, 0.1) is 0 Å². The Morgan fingerprint density at radius 3 is 2.76 bits per heavy atom. The molecule has 1 saturated heterocycles. The van der Waals surface area contributed by atoms with Crippen molar-refractivity contribution in [3.8, 4) is 0 Å². The number of aliphatic carboxylic acids is 1. The van der Waals surface area contributed by atoms with Gasteiger partial charge >= 0.3 is 12.0 Å². The second-order valence-corrected chi connectivity index (χ2v) is 5.21.